The number of rotatable bonds is 5. The van der Waals surface area contributed by atoms with Crippen molar-refractivity contribution in [3.05, 3.63) is 29.3 Å². The minimum Gasteiger partial charge on any atom is -0.493 e. The number of aryl methyl sites for hydroxylation is 1. The van der Waals surface area contributed by atoms with Crippen LogP contribution < -0.4 is 4.74 Å². The molecule has 2 rings (SSSR count). The predicted molar refractivity (Wildman–Crippen MR) is 88.4 cm³/mol. The van der Waals surface area contributed by atoms with E-state index in [4.69, 9.17) is 4.74 Å². The van der Waals surface area contributed by atoms with Crippen LogP contribution >= 0.6 is 15.9 Å². The number of sulfonamides is 1. The van der Waals surface area contributed by atoms with Crippen molar-refractivity contribution in [2.24, 2.45) is 5.92 Å². The number of nitrogens with zero attached hydrogens (tertiary/aromatic N) is 1. The summed E-state index contributed by atoms with van der Waals surface area (Å²) in [7, 11) is -3.09. The van der Waals surface area contributed by atoms with E-state index in [2.05, 4.69) is 28.9 Å². The van der Waals surface area contributed by atoms with E-state index in [0.717, 1.165) is 29.5 Å². The number of hydrogen-bond acceptors (Lipinski definition) is 3. The van der Waals surface area contributed by atoms with Gasteiger partial charge in [-0.05, 0) is 25.8 Å². The van der Waals surface area contributed by atoms with E-state index >= 15 is 0 Å². The molecule has 1 aromatic carbocycles. The lowest BCUT2D eigenvalue weighted by Crippen LogP contribution is -2.40. The van der Waals surface area contributed by atoms with Crippen LogP contribution in [-0.4, -0.2) is 38.7 Å². The van der Waals surface area contributed by atoms with Gasteiger partial charge >= 0.3 is 0 Å². The normalized spacial score (nSPS) is 20.4. The molecule has 0 aromatic heterocycles. The molecule has 118 valence electrons. The third kappa shape index (κ3) is 4.69. The largest absolute Gasteiger partial charge is 0.493 e. The number of alkyl halides is 1. The van der Waals surface area contributed by atoms with E-state index in [1.165, 1.54) is 11.8 Å². The summed E-state index contributed by atoms with van der Waals surface area (Å²) >= 11 is 3.48. The molecule has 1 aliphatic heterocycles. The van der Waals surface area contributed by atoms with Crippen LogP contribution in [0.4, 0.5) is 0 Å². The Hall–Kier alpha value is -0.590. The Bertz CT molecular complexity index is 589. The van der Waals surface area contributed by atoms with E-state index < -0.39 is 10.0 Å². The average Bonchev–Trinajstić information content (AvgIpc) is 2.45. The fourth-order valence-corrected chi connectivity index (χ4v) is 4.01. The van der Waals surface area contributed by atoms with Crippen molar-refractivity contribution in [3.8, 4) is 5.75 Å². The van der Waals surface area contributed by atoms with Gasteiger partial charge in [0.25, 0.3) is 0 Å². The van der Waals surface area contributed by atoms with Gasteiger partial charge in [0.05, 0.1) is 12.9 Å². The second-order valence-corrected chi connectivity index (χ2v) is 8.23. The Balaban J connectivity index is 1.97. The molecule has 1 heterocycles. The van der Waals surface area contributed by atoms with Gasteiger partial charge in [-0.15, -0.1) is 0 Å². The van der Waals surface area contributed by atoms with Crippen LogP contribution in [0.1, 0.15) is 24.0 Å². The first-order valence-electron chi connectivity index (χ1n) is 7.13. The van der Waals surface area contributed by atoms with Crippen LogP contribution in [0.15, 0.2) is 18.2 Å². The van der Waals surface area contributed by atoms with Crippen LogP contribution in [0.25, 0.3) is 0 Å². The molecular weight excluding hydrogens is 354 g/mol. The molecular formula is C15H22BrNO3S. The van der Waals surface area contributed by atoms with Gasteiger partial charge in [-0.3, -0.25) is 0 Å². The number of halogens is 1. The maximum absolute atomic E-state index is 11.6. The fourth-order valence-electron chi connectivity index (χ4n) is 2.63. The lowest BCUT2D eigenvalue weighted by molar-refractivity contribution is 0.180. The van der Waals surface area contributed by atoms with Crippen LogP contribution in [0.3, 0.4) is 0 Å². The molecule has 0 aliphatic carbocycles. The molecule has 0 radical (unpaired) electrons. The first kappa shape index (κ1) is 16.8. The Morgan fingerprint density at radius 3 is 2.86 bits per heavy atom. The van der Waals surface area contributed by atoms with E-state index in [0.29, 0.717) is 19.7 Å². The smallest absolute Gasteiger partial charge is 0.211 e. The summed E-state index contributed by atoms with van der Waals surface area (Å²) in [4.78, 5) is 0. The predicted octanol–water partition coefficient (Wildman–Crippen LogP) is 2.94. The molecule has 21 heavy (non-hydrogen) atoms. The third-order valence-electron chi connectivity index (χ3n) is 3.79. The van der Waals surface area contributed by atoms with Crippen LogP contribution in [0, 0.1) is 12.8 Å². The summed E-state index contributed by atoms with van der Waals surface area (Å²) in [5.41, 5.74) is 2.34. The molecule has 1 aromatic rings. The number of hydrogen-bond donors (Lipinski definition) is 0. The van der Waals surface area contributed by atoms with Gasteiger partial charge in [0.1, 0.15) is 5.75 Å². The quantitative estimate of drug-likeness (QED) is 0.743. The standard InChI is InChI=1S/C15H22BrNO3S/c1-12-5-6-15(14(8-12)9-16)20-11-13-4-3-7-17(10-13)21(2,18)19/h5-6,8,13H,3-4,7,9-11H2,1-2H3. The zero-order valence-electron chi connectivity index (χ0n) is 12.5. The summed E-state index contributed by atoms with van der Waals surface area (Å²) in [6.45, 7) is 3.82. The molecule has 0 bridgehead atoms. The summed E-state index contributed by atoms with van der Waals surface area (Å²) in [5.74, 6) is 1.15. The summed E-state index contributed by atoms with van der Waals surface area (Å²) < 4.78 is 30.7. The van der Waals surface area contributed by atoms with Crippen LogP contribution in [-0.2, 0) is 15.4 Å². The van der Waals surface area contributed by atoms with Gasteiger partial charge in [-0.25, -0.2) is 12.7 Å². The highest BCUT2D eigenvalue weighted by Crippen LogP contribution is 2.25. The lowest BCUT2D eigenvalue weighted by Gasteiger charge is -2.30. The molecule has 0 N–H and O–H groups in total. The Morgan fingerprint density at radius 1 is 1.43 bits per heavy atom. The van der Waals surface area contributed by atoms with Crippen molar-refractivity contribution in [1.82, 2.24) is 4.31 Å². The molecule has 1 saturated heterocycles. The van der Waals surface area contributed by atoms with Crippen molar-refractivity contribution < 1.29 is 13.2 Å². The van der Waals surface area contributed by atoms with Gasteiger partial charge in [-0.1, -0.05) is 33.6 Å². The van der Waals surface area contributed by atoms with Crippen molar-refractivity contribution in [1.29, 1.82) is 0 Å². The van der Waals surface area contributed by atoms with E-state index in [1.54, 1.807) is 4.31 Å². The summed E-state index contributed by atoms with van der Waals surface area (Å²) in [6.07, 6.45) is 3.20. The van der Waals surface area contributed by atoms with E-state index in [1.807, 2.05) is 12.1 Å². The van der Waals surface area contributed by atoms with Crippen LogP contribution in [0.5, 0.6) is 5.75 Å². The molecule has 1 aliphatic rings. The van der Waals surface area contributed by atoms with Gasteiger partial charge < -0.3 is 4.74 Å². The van der Waals surface area contributed by atoms with E-state index in [9.17, 15) is 8.42 Å². The second kappa shape index (κ2) is 7.11. The third-order valence-corrected chi connectivity index (χ3v) is 5.66. The lowest BCUT2D eigenvalue weighted by atomic mass is 10.0. The van der Waals surface area contributed by atoms with Crippen molar-refractivity contribution in [3.63, 3.8) is 0 Å². The Labute approximate surface area is 135 Å². The monoisotopic (exact) mass is 375 g/mol. The first-order valence-corrected chi connectivity index (χ1v) is 10.1. The molecule has 1 fully saturated rings. The molecule has 4 nitrogen and oxygen atoms in total. The first-order chi connectivity index (χ1) is 9.90. The molecule has 0 amide bonds. The minimum atomic E-state index is -3.09. The zero-order valence-corrected chi connectivity index (χ0v) is 14.9. The average molecular weight is 376 g/mol. The highest BCUT2D eigenvalue weighted by atomic mass is 79.9. The number of ether oxygens (including phenoxy) is 1. The zero-order chi connectivity index (χ0) is 15.5. The van der Waals surface area contributed by atoms with Gasteiger partial charge in [0, 0.05) is 29.9 Å². The summed E-state index contributed by atoms with van der Waals surface area (Å²) in [5, 5.41) is 0.754. The second-order valence-electron chi connectivity index (χ2n) is 5.69. The SMILES string of the molecule is Cc1ccc(OCC2CCCN(S(C)(=O)=O)C2)c(CBr)c1. The highest BCUT2D eigenvalue weighted by molar-refractivity contribution is 9.08. The molecule has 0 saturated carbocycles. The van der Waals surface area contributed by atoms with Crippen molar-refractivity contribution in [2.75, 3.05) is 26.0 Å². The number of benzene rings is 1. The maximum atomic E-state index is 11.6. The maximum Gasteiger partial charge on any atom is 0.211 e. The molecule has 0 spiro atoms. The van der Waals surface area contributed by atoms with Gasteiger partial charge in [-0.2, -0.15) is 0 Å². The van der Waals surface area contributed by atoms with Crippen LogP contribution in [0.2, 0.25) is 0 Å². The fraction of sp³-hybridized carbons (Fsp3) is 0.600. The van der Waals surface area contributed by atoms with E-state index in [-0.39, 0.29) is 5.92 Å². The summed E-state index contributed by atoms with van der Waals surface area (Å²) in [6, 6.07) is 6.13. The van der Waals surface area contributed by atoms with Crippen molar-refractivity contribution in [2.45, 2.75) is 25.1 Å². The molecule has 1 unspecified atom stereocenters. The topological polar surface area (TPSA) is 46.6 Å². The number of piperidine rings is 1. The molecule has 1 atom stereocenters. The highest BCUT2D eigenvalue weighted by Gasteiger charge is 2.26. The van der Waals surface area contributed by atoms with Crippen molar-refractivity contribution >= 4 is 26.0 Å². The Morgan fingerprint density at radius 2 is 2.19 bits per heavy atom. The molecule has 6 heteroatoms. The van der Waals surface area contributed by atoms with Gasteiger partial charge in [0.15, 0.2) is 0 Å². The van der Waals surface area contributed by atoms with Gasteiger partial charge in [0.2, 0.25) is 10.0 Å². The Kier molecular flexibility index (Phi) is 5.68. The minimum absolute atomic E-state index is 0.262.